The minimum absolute atomic E-state index is 0.101. The van der Waals surface area contributed by atoms with Crippen LogP contribution in [0.4, 0.5) is 0 Å². The number of rotatable bonds is 3. The van der Waals surface area contributed by atoms with Gasteiger partial charge in [-0.15, -0.1) is 0 Å². The Balaban J connectivity index is 2.61. The van der Waals surface area contributed by atoms with Crippen LogP contribution in [0.15, 0.2) is 30.3 Å². The highest BCUT2D eigenvalue weighted by molar-refractivity contribution is 5.19. The molecular weight excluding hydrogens is 140 g/mol. The molecule has 0 spiro atoms. The van der Waals surface area contributed by atoms with Crippen molar-refractivity contribution in [2.45, 2.75) is 6.10 Å². The van der Waals surface area contributed by atoms with Crippen LogP contribution in [0.25, 0.3) is 0 Å². The monoisotopic (exact) mass is 151 g/mol. The topological polar surface area (TPSA) is 40.5 Å². The fourth-order valence-corrected chi connectivity index (χ4v) is 0.886. The van der Waals surface area contributed by atoms with E-state index in [9.17, 15) is 5.11 Å². The van der Waals surface area contributed by atoms with E-state index < -0.39 is 6.10 Å². The minimum Gasteiger partial charge on any atom is -0.396 e. The van der Waals surface area contributed by atoms with E-state index in [-0.39, 0.29) is 6.61 Å². The van der Waals surface area contributed by atoms with E-state index in [2.05, 4.69) is 0 Å². The lowest BCUT2D eigenvalue weighted by Crippen LogP contribution is -2.00. The number of hydrogen-bond donors (Lipinski definition) is 2. The second-order valence-corrected chi connectivity index (χ2v) is 2.27. The number of aliphatic hydroxyl groups is 2. The minimum atomic E-state index is -0.652. The van der Waals surface area contributed by atoms with E-state index in [1.54, 1.807) is 0 Å². The fraction of sp³-hybridized carbons (Fsp3) is 0.222. The highest BCUT2D eigenvalue weighted by Crippen LogP contribution is 2.13. The van der Waals surface area contributed by atoms with Gasteiger partial charge in [0, 0.05) is 13.0 Å². The van der Waals surface area contributed by atoms with Gasteiger partial charge in [0.2, 0.25) is 0 Å². The second-order valence-electron chi connectivity index (χ2n) is 2.27. The molecule has 2 heteroatoms. The zero-order valence-corrected chi connectivity index (χ0v) is 6.14. The van der Waals surface area contributed by atoms with Crippen LogP contribution in [0.2, 0.25) is 0 Å². The molecule has 0 amide bonds. The molecule has 1 radical (unpaired) electrons. The maximum atomic E-state index is 9.30. The first-order valence-corrected chi connectivity index (χ1v) is 3.52. The summed E-state index contributed by atoms with van der Waals surface area (Å²) in [6, 6.07) is 9.22. The molecule has 0 saturated carbocycles. The Hall–Kier alpha value is -0.860. The highest BCUT2D eigenvalue weighted by atomic mass is 16.3. The van der Waals surface area contributed by atoms with Crippen molar-refractivity contribution in [3.63, 3.8) is 0 Å². The smallest absolute Gasteiger partial charge is 0.0844 e. The molecule has 2 nitrogen and oxygen atoms in total. The summed E-state index contributed by atoms with van der Waals surface area (Å²) >= 11 is 0. The largest absolute Gasteiger partial charge is 0.396 e. The van der Waals surface area contributed by atoms with E-state index >= 15 is 0 Å². The molecule has 0 bridgehead atoms. The Morgan fingerprint density at radius 3 is 2.45 bits per heavy atom. The average molecular weight is 151 g/mol. The third-order valence-corrected chi connectivity index (χ3v) is 1.47. The predicted molar refractivity (Wildman–Crippen MR) is 42.8 cm³/mol. The summed E-state index contributed by atoms with van der Waals surface area (Å²) in [4.78, 5) is 0. The summed E-state index contributed by atoms with van der Waals surface area (Å²) in [5.41, 5.74) is 0.807. The molecule has 1 aromatic carbocycles. The first kappa shape index (κ1) is 8.24. The van der Waals surface area contributed by atoms with Gasteiger partial charge in [-0.1, -0.05) is 30.3 Å². The molecule has 59 valence electrons. The molecule has 2 N–H and O–H groups in total. The summed E-state index contributed by atoms with van der Waals surface area (Å²) < 4.78 is 0. The molecule has 0 aliphatic carbocycles. The van der Waals surface area contributed by atoms with Crippen molar-refractivity contribution in [1.82, 2.24) is 0 Å². The molecule has 0 fully saturated rings. The van der Waals surface area contributed by atoms with Crippen LogP contribution < -0.4 is 0 Å². The normalized spacial score (nSPS) is 12.9. The number of hydrogen-bond acceptors (Lipinski definition) is 2. The standard InChI is InChI=1S/C9H11O2/c10-7-6-9(11)8-4-2-1-3-5-8/h1-6,9-11H,7H2. The van der Waals surface area contributed by atoms with Crippen LogP contribution in [-0.4, -0.2) is 16.8 Å². The molecule has 0 saturated heterocycles. The van der Waals surface area contributed by atoms with Crippen molar-refractivity contribution in [1.29, 1.82) is 0 Å². The van der Waals surface area contributed by atoms with Gasteiger partial charge in [-0.3, -0.25) is 0 Å². The van der Waals surface area contributed by atoms with Crippen LogP contribution in [-0.2, 0) is 0 Å². The SMILES string of the molecule is OC[CH]C(O)c1ccccc1. The van der Waals surface area contributed by atoms with E-state index in [0.717, 1.165) is 5.56 Å². The van der Waals surface area contributed by atoms with Gasteiger partial charge in [-0.05, 0) is 5.56 Å². The molecule has 0 aliphatic heterocycles. The molecule has 1 aromatic rings. The van der Waals surface area contributed by atoms with Crippen LogP contribution in [0, 0.1) is 6.42 Å². The van der Waals surface area contributed by atoms with E-state index in [1.807, 2.05) is 30.3 Å². The van der Waals surface area contributed by atoms with Crippen molar-refractivity contribution >= 4 is 0 Å². The molecule has 1 unspecified atom stereocenters. The lowest BCUT2D eigenvalue weighted by Gasteiger charge is -2.07. The predicted octanol–water partition coefficient (Wildman–Crippen LogP) is 0.917. The zero-order valence-electron chi connectivity index (χ0n) is 6.14. The van der Waals surface area contributed by atoms with E-state index in [0.29, 0.717) is 0 Å². The van der Waals surface area contributed by atoms with E-state index in [4.69, 9.17) is 5.11 Å². The van der Waals surface area contributed by atoms with Gasteiger partial charge < -0.3 is 10.2 Å². The Labute approximate surface area is 66.1 Å². The van der Waals surface area contributed by atoms with Crippen molar-refractivity contribution < 1.29 is 10.2 Å². The summed E-state index contributed by atoms with van der Waals surface area (Å²) in [6.07, 6.45) is 0.788. The summed E-state index contributed by atoms with van der Waals surface area (Å²) in [7, 11) is 0. The number of aliphatic hydroxyl groups excluding tert-OH is 2. The van der Waals surface area contributed by atoms with Crippen LogP contribution in [0.5, 0.6) is 0 Å². The van der Waals surface area contributed by atoms with Crippen molar-refractivity contribution in [2.75, 3.05) is 6.61 Å². The van der Waals surface area contributed by atoms with Crippen LogP contribution in [0.3, 0.4) is 0 Å². The lowest BCUT2D eigenvalue weighted by atomic mass is 10.1. The first-order valence-electron chi connectivity index (χ1n) is 3.52. The summed E-state index contributed by atoms with van der Waals surface area (Å²) in [5.74, 6) is 0. The van der Waals surface area contributed by atoms with Crippen molar-refractivity contribution in [2.24, 2.45) is 0 Å². The maximum Gasteiger partial charge on any atom is 0.0844 e. The van der Waals surface area contributed by atoms with Crippen molar-refractivity contribution in [3.8, 4) is 0 Å². The molecule has 1 atom stereocenters. The molecular formula is C9H11O2. The highest BCUT2D eigenvalue weighted by Gasteiger charge is 2.04. The van der Waals surface area contributed by atoms with Gasteiger partial charge >= 0.3 is 0 Å². The van der Waals surface area contributed by atoms with Gasteiger partial charge in [0.15, 0.2) is 0 Å². The molecule has 11 heavy (non-hydrogen) atoms. The zero-order chi connectivity index (χ0) is 8.10. The number of benzene rings is 1. The molecule has 0 heterocycles. The van der Waals surface area contributed by atoms with Crippen molar-refractivity contribution in [3.05, 3.63) is 42.3 Å². The average Bonchev–Trinajstić information content (AvgIpc) is 2.07. The van der Waals surface area contributed by atoms with Gasteiger partial charge in [0.1, 0.15) is 0 Å². The molecule has 0 aliphatic rings. The van der Waals surface area contributed by atoms with Gasteiger partial charge in [-0.25, -0.2) is 0 Å². The summed E-state index contributed by atoms with van der Waals surface area (Å²) in [6.45, 7) is -0.101. The van der Waals surface area contributed by atoms with Gasteiger partial charge in [0.05, 0.1) is 6.10 Å². The van der Waals surface area contributed by atoms with Crippen LogP contribution in [0.1, 0.15) is 11.7 Å². The molecule has 1 rings (SSSR count). The van der Waals surface area contributed by atoms with Gasteiger partial charge in [0.25, 0.3) is 0 Å². The first-order chi connectivity index (χ1) is 5.34. The Bertz CT molecular complexity index is 196. The molecule has 0 aromatic heterocycles. The fourth-order valence-electron chi connectivity index (χ4n) is 0.886. The van der Waals surface area contributed by atoms with Gasteiger partial charge in [-0.2, -0.15) is 0 Å². The third-order valence-electron chi connectivity index (χ3n) is 1.47. The Kier molecular flexibility index (Phi) is 3.08. The summed E-state index contributed by atoms with van der Waals surface area (Å²) in [5, 5.41) is 17.8. The van der Waals surface area contributed by atoms with Crippen LogP contribution >= 0.6 is 0 Å². The Morgan fingerprint density at radius 2 is 1.91 bits per heavy atom. The third kappa shape index (κ3) is 2.33. The van der Waals surface area contributed by atoms with E-state index in [1.165, 1.54) is 6.42 Å². The maximum absolute atomic E-state index is 9.30. The second kappa shape index (κ2) is 4.11. The Morgan fingerprint density at radius 1 is 1.27 bits per heavy atom. The lowest BCUT2D eigenvalue weighted by molar-refractivity contribution is 0.185. The quantitative estimate of drug-likeness (QED) is 0.674.